The van der Waals surface area contributed by atoms with Crippen molar-refractivity contribution in [2.75, 3.05) is 0 Å². The van der Waals surface area contributed by atoms with Gasteiger partial charge in [0, 0.05) is 32.7 Å². The van der Waals surface area contributed by atoms with E-state index in [1.807, 2.05) is 7.05 Å². The molecule has 1 aromatic heterocycles. The molecule has 1 rings (SSSR count). The van der Waals surface area contributed by atoms with Crippen LogP contribution in [0.4, 0.5) is 0 Å². The Morgan fingerprint density at radius 2 is 2.43 bits per heavy atom. The number of aryl methyl sites for hydroxylation is 1. The van der Waals surface area contributed by atoms with Gasteiger partial charge in [0.05, 0.1) is 0 Å². The Morgan fingerprint density at radius 3 is 2.57 bits per heavy atom. The van der Waals surface area contributed by atoms with Crippen LogP contribution in [0.5, 0.6) is 0 Å². The van der Waals surface area contributed by atoms with E-state index < -0.39 is 0 Å². The second kappa shape index (κ2) is 3.33. The van der Waals surface area contributed by atoms with Crippen molar-refractivity contribution in [2.24, 2.45) is 7.05 Å². The third kappa shape index (κ3) is 2.20. The van der Waals surface area contributed by atoms with Crippen LogP contribution in [-0.4, -0.2) is 9.55 Å². The average Bonchev–Trinajstić information content (AvgIpc) is 1.86. The first kappa shape index (κ1) is 7.31. The smallest absolute Gasteiger partial charge is 0 e. The van der Waals surface area contributed by atoms with Crippen LogP contribution in [0.1, 0.15) is 0 Å². The molecule has 0 aliphatic carbocycles. The summed E-state index contributed by atoms with van der Waals surface area (Å²) in [6, 6.07) is 0. The Labute approximate surface area is 67.8 Å². The molecule has 1 heterocycles. The molecule has 1 aromatic rings. The molecule has 0 N–H and O–H groups in total. The number of nitrogens with zero attached hydrogens (tertiary/aromatic N) is 2. The molecule has 1 radical (unpaired) electrons. The maximum Gasteiger partial charge on any atom is 0 e. The molecule has 0 aromatic carbocycles. The van der Waals surface area contributed by atoms with E-state index in [2.05, 4.69) is 11.2 Å². The first-order chi connectivity index (χ1) is 2.89. The molecule has 3 heteroatoms. The van der Waals surface area contributed by atoms with Gasteiger partial charge >= 0.3 is 0 Å². The summed E-state index contributed by atoms with van der Waals surface area (Å²) in [5, 5.41) is 0. The second-order valence-corrected chi connectivity index (χ2v) is 1.13. The Morgan fingerprint density at radius 1 is 1.71 bits per heavy atom. The van der Waals surface area contributed by atoms with Gasteiger partial charge in [-0.05, 0) is 7.05 Å². The zero-order chi connectivity index (χ0) is 4.41. The van der Waals surface area contributed by atoms with Crippen molar-refractivity contribution in [1.82, 2.24) is 9.55 Å². The summed E-state index contributed by atoms with van der Waals surface area (Å²) in [4.78, 5) is 3.73. The summed E-state index contributed by atoms with van der Waals surface area (Å²) in [6.45, 7) is 0. The third-order valence-electron chi connectivity index (χ3n) is 0.576. The van der Waals surface area contributed by atoms with Gasteiger partial charge in [-0.1, -0.05) is 12.5 Å². The van der Waals surface area contributed by atoms with E-state index >= 15 is 0 Å². The van der Waals surface area contributed by atoms with E-state index in [0.717, 1.165) is 0 Å². The molecule has 7 heavy (non-hydrogen) atoms. The summed E-state index contributed by atoms with van der Waals surface area (Å²) in [6.07, 6.45) is 6.12. The molecule has 0 spiro atoms. The minimum Gasteiger partial charge on any atom is -0.503 e. The molecule has 0 aliphatic rings. The minimum absolute atomic E-state index is 0. The van der Waals surface area contributed by atoms with E-state index in [1.54, 1.807) is 17.1 Å². The van der Waals surface area contributed by atoms with Gasteiger partial charge in [0.25, 0.3) is 0 Å². The van der Waals surface area contributed by atoms with Crippen molar-refractivity contribution in [2.45, 2.75) is 0 Å². The van der Waals surface area contributed by atoms with E-state index in [1.165, 1.54) is 0 Å². The van der Waals surface area contributed by atoms with Crippen LogP contribution in [-0.2, 0) is 39.8 Å². The topological polar surface area (TPSA) is 17.8 Å². The average molecular weight is 170 g/mol. The van der Waals surface area contributed by atoms with Gasteiger partial charge < -0.3 is 9.55 Å². The van der Waals surface area contributed by atoms with Crippen LogP contribution < -0.4 is 0 Å². The Bertz CT molecular complexity index is 113. The summed E-state index contributed by atoms with van der Waals surface area (Å²) >= 11 is 0. The third-order valence-corrected chi connectivity index (χ3v) is 0.576. The summed E-state index contributed by atoms with van der Waals surface area (Å²) in [5.41, 5.74) is 0. The largest absolute Gasteiger partial charge is 0.503 e. The minimum atomic E-state index is 0. The van der Waals surface area contributed by atoms with E-state index in [0.29, 0.717) is 0 Å². The van der Waals surface area contributed by atoms with Gasteiger partial charge in [0.15, 0.2) is 0 Å². The number of hydrogen-bond acceptors (Lipinski definition) is 1. The standard InChI is InChI=1S/C4H5N2.Y/c1-6-3-2-5-4-6;/h2,4H,1H3;/q-1;. The van der Waals surface area contributed by atoms with Gasteiger partial charge in [-0.15, -0.1) is 0 Å². The number of rotatable bonds is 0. The van der Waals surface area contributed by atoms with Crippen molar-refractivity contribution in [3.8, 4) is 0 Å². The number of imidazole rings is 1. The maximum absolute atomic E-state index is 3.73. The Kier molecular flexibility index (Phi) is 3.48. The molecule has 2 nitrogen and oxygen atoms in total. The van der Waals surface area contributed by atoms with Gasteiger partial charge in [-0.3, -0.25) is 0 Å². The van der Waals surface area contributed by atoms with Crippen molar-refractivity contribution >= 4 is 0 Å². The molecule has 0 unspecified atom stereocenters. The second-order valence-electron chi connectivity index (χ2n) is 1.13. The van der Waals surface area contributed by atoms with Gasteiger partial charge in [0.2, 0.25) is 0 Å². The Hall–Kier alpha value is 0.314. The van der Waals surface area contributed by atoms with Crippen molar-refractivity contribution in [1.29, 1.82) is 0 Å². The SMILES string of the molecule is Cn1[c-]cnc1.[Y]. The van der Waals surface area contributed by atoms with Crippen molar-refractivity contribution in [3.63, 3.8) is 0 Å². The van der Waals surface area contributed by atoms with Gasteiger partial charge in [-0.2, -0.15) is 6.20 Å². The molecule has 0 saturated carbocycles. The molecule has 35 valence electrons. The Balaban J connectivity index is 0.000000360. The fourth-order valence-electron chi connectivity index (χ4n) is 0.291. The molecule has 0 saturated heterocycles. The normalized spacial score (nSPS) is 7.57. The van der Waals surface area contributed by atoms with Crippen molar-refractivity contribution in [3.05, 3.63) is 18.7 Å². The van der Waals surface area contributed by atoms with Crippen LogP contribution in [0.25, 0.3) is 0 Å². The fraction of sp³-hybridized carbons (Fsp3) is 0.250. The summed E-state index contributed by atoms with van der Waals surface area (Å²) in [7, 11) is 1.88. The van der Waals surface area contributed by atoms with Crippen LogP contribution in [0.2, 0.25) is 0 Å². The summed E-state index contributed by atoms with van der Waals surface area (Å²) < 4.78 is 1.76. The molecule has 0 fully saturated rings. The van der Waals surface area contributed by atoms with Crippen LogP contribution >= 0.6 is 0 Å². The fourth-order valence-corrected chi connectivity index (χ4v) is 0.291. The number of hydrogen-bond donors (Lipinski definition) is 0. The molecular weight excluding hydrogens is 165 g/mol. The first-order valence-electron chi connectivity index (χ1n) is 1.73. The van der Waals surface area contributed by atoms with E-state index in [4.69, 9.17) is 0 Å². The van der Waals surface area contributed by atoms with E-state index in [9.17, 15) is 0 Å². The monoisotopic (exact) mass is 170 g/mol. The maximum atomic E-state index is 3.73. The quantitative estimate of drug-likeness (QED) is 0.509. The molecule has 0 bridgehead atoms. The first-order valence-corrected chi connectivity index (χ1v) is 1.73. The zero-order valence-corrected chi connectivity index (χ0v) is 6.96. The van der Waals surface area contributed by atoms with Crippen LogP contribution in [0.15, 0.2) is 12.5 Å². The van der Waals surface area contributed by atoms with Gasteiger partial charge in [0.1, 0.15) is 0 Å². The molecular formula is C4H5N2Y-. The van der Waals surface area contributed by atoms with Crippen LogP contribution in [0.3, 0.4) is 0 Å². The molecule has 0 aliphatic heterocycles. The van der Waals surface area contributed by atoms with Gasteiger partial charge in [-0.25, -0.2) is 0 Å². The van der Waals surface area contributed by atoms with Crippen molar-refractivity contribution < 1.29 is 32.7 Å². The zero-order valence-electron chi connectivity index (χ0n) is 4.13. The predicted molar refractivity (Wildman–Crippen MR) is 22.0 cm³/mol. The number of aromatic nitrogens is 2. The summed E-state index contributed by atoms with van der Waals surface area (Å²) in [5.74, 6) is 0. The van der Waals surface area contributed by atoms with Crippen LogP contribution in [0, 0.1) is 6.20 Å². The molecule has 0 atom stereocenters. The predicted octanol–water partition coefficient (Wildman–Crippen LogP) is 0.218. The van der Waals surface area contributed by atoms with E-state index in [-0.39, 0.29) is 32.7 Å². The molecule has 0 amide bonds.